The molecule has 2 N–H and O–H groups in total. The maximum atomic E-state index is 12.2. The molecule has 1 spiro atoms. The Bertz CT molecular complexity index is 868. The lowest BCUT2D eigenvalue weighted by atomic mass is 10.1. The lowest BCUT2D eigenvalue weighted by molar-refractivity contribution is -0.0716. The summed E-state index contributed by atoms with van der Waals surface area (Å²) < 4.78 is 13.9. The SMILES string of the molecule is Cc1nn(C)c(C)c1CCNC(=O)Nc1ccc2c(c1)OC1(CCCC1)O2. The van der Waals surface area contributed by atoms with Crippen LogP contribution in [-0.4, -0.2) is 28.1 Å². The number of ether oxygens (including phenoxy) is 2. The van der Waals surface area contributed by atoms with E-state index in [4.69, 9.17) is 9.47 Å². The molecule has 1 fully saturated rings. The molecular formula is C20H26N4O3. The van der Waals surface area contributed by atoms with Gasteiger partial charge in [0.25, 0.3) is 5.79 Å². The predicted octanol–water partition coefficient (Wildman–Crippen LogP) is 3.44. The molecule has 4 rings (SSSR count). The molecule has 2 aromatic rings. The van der Waals surface area contributed by atoms with Crippen molar-refractivity contribution >= 4 is 11.7 Å². The number of amides is 2. The first-order chi connectivity index (χ1) is 13.0. The molecule has 2 amide bonds. The van der Waals surface area contributed by atoms with Crippen LogP contribution >= 0.6 is 0 Å². The van der Waals surface area contributed by atoms with Gasteiger partial charge in [0.15, 0.2) is 11.5 Å². The first-order valence-corrected chi connectivity index (χ1v) is 9.52. The van der Waals surface area contributed by atoms with Crippen LogP contribution in [0.3, 0.4) is 0 Å². The molecule has 7 heteroatoms. The fourth-order valence-corrected chi connectivity index (χ4v) is 3.94. The average molecular weight is 370 g/mol. The average Bonchev–Trinajstić information content (AvgIpc) is 3.29. The monoisotopic (exact) mass is 370 g/mol. The molecular weight excluding hydrogens is 344 g/mol. The minimum Gasteiger partial charge on any atom is -0.448 e. The third-order valence-corrected chi connectivity index (χ3v) is 5.48. The van der Waals surface area contributed by atoms with Gasteiger partial charge < -0.3 is 20.1 Å². The summed E-state index contributed by atoms with van der Waals surface area (Å²) in [5, 5.41) is 10.2. The van der Waals surface area contributed by atoms with Crippen LogP contribution in [0, 0.1) is 13.8 Å². The Kier molecular flexibility index (Phi) is 4.45. The van der Waals surface area contributed by atoms with E-state index in [9.17, 15) is 4.79 Å². The Morgan fingerprint density at radius 3 is 2.67 bits per heavy atom. The summed E-state index contributed by atoms with van der Waals surface area (Å²) in [7, 11) is 1.93. The topological polar surface area (TPSA) is 77.4 Å². The van der Waals surface area contributed by atoms with Crippen molar-refractivity contribution in [1.82, 2.24) is 15.1 Å². The maximum absolute atomic E-state index is 12.2. The fraction of sp³-hybridized carbons (Fsp3) is 0.500. The Labute approximate surface area is 159 Å². The molecule has 0 unspecified atom stereocenters. The standard InChI is InChI=1S/C20H26N4O3/c1-13-16(14(2)24(3)23-13)8-11-21-19(25)22-15-6-7-17-18(12-15)27-20(26-17)9-4-5-10-20/h6-7,12H,4-5,8-11H2,1-3H3,(H2,21,22,25). The van der Waals surface area contributed by atoms with Crippen LogP contribution in [0.5, 0.6) is 11.5 Å². The summed E-state index contributed by atoms with van der Waals surface area (Å²) in [6.45, 7) is 4.58. The predicted molar refractivity (Wildman–Crippen MR) is 102 cm³/mol. The van der Waals surface area contributed by atoms with Gasteiger partial charge in [-0.05, 0) is 50.8 Å². The van der Waals surface area contributed by atoms with E-state index in [1.165, 1.54) is 5.56 Å². The second-order valence-electron chi connectivity index (χ2n) is 7.39. The van der Waals surface area contributed by atoms with Crippen LogP contribution in [0.15, 0.2) is 18.2 Å². The van der Waals surface area contributed by atoms with E-state index in [1.807, 2.05) is 43.8 Å². The second kappa shape index (κ2) is 6.79. The zero-order chi connectivity index (χ0) is 19.0. The molecule has 27 heavy (non-hydrogen) atoms. The second-order valence-corrected chi connectivity index (χ2v) is 7.39. The summed E-state index contributed by atoms with van der Waals surface area (Å²) in [6, 6.07) is 5.30. The van der Waals surface area contributed by atoms with Gasteiger partial charge >= 0.3 is 6.03 Å². The lowest BCUT2D eigenvalue weighted by Crippen LogP contribution is -2.34. The highest BCUT2D eigenvalue weighted by Crippen LogP contribution is 2.47. The summed E-state index contributed by atoms with van der Waals surface area (Å²) in [5.74, 6) is 0.976. The molecule has 0 atom stereocenters. The zero-order valence-corrected chi connectivity index (χ0v) is 16.1. The van der Waals surface area contributed by atoms with Gasteiger partial charge in [-0.2, -0.15) is 5.10 Å². The van der Waals surface area contributed by atoms with Crippen LogP contribution in [-0.2, 0) is 13.5 Å². The van der Waals surface area contributed by atoms with Gasteiger partial charge in [0.2, 0.25) is 0 Å². The Morgan fingerprint density at radius 1 is 1.22 bits per heavy atom. The maximum Gasteiger partial charge on any atom is 0.319 e. The van der Waals surface area contributed by atoms with Gasteiger partial charge in [0, 0.05) is 43.9 Å². The van der Waals surface area contributed by atoms with Crippen molar-refractivity contribution in [2.75, 3.05) is 11.9 Å². The summed E-state index contributed by atoms with van der Waals surface area (Å²) in [6.07, 6.45) is 4.83. The minimum absolute atomic E-state index is 0.233. The van der Waals surface area contributed by atoms with Gasteiger partial charge in [-0.3, -0.25) is 4.68 Å². The molecule has 144 valence electrons. The number of aryl methyl sites for hydroxylation is 2. The molecule has 1 aliphatic carbocycles. The minimum atomic E-state index is -0.483. The van der Waals surface area contributed by atoms with Crippen LogP contribution in [0.25, 0.3) is 0 Å². The normalized spacial score (nSPS) is 16.7. The number of urea groups is 1. The first kappa shape index (κ1) is 17.7. The number of nitrogens with zero attached hydrogens (tertiary/aromatic N) is 2. The van der Waals surface area contributed by atoms with E-state index in [0.29, 0.717) is 18.0 Å². The largest absolute Gasteiger partial charge is 0.448 e. The van der Waals surface area contributed by atoms with Gasteiger partial charge in [-0.1, -0.05) is 0 Å². The Balaban J connectivity index is 1.32. The number of benzene rings is 1. The summed E-state index contributed by atoms with van der Waals surface area (Å²) in [5.41, 5.74) is 4.02. The van der Waals surface area contributed by atoms with E-state index in [0.717, 1.165) is 49.2 Å². The van der Waals surface area contributed by atoms with E-state index in [-0.39, 0.29) is 6.03 Å². The zero-order valence-electron chi connectivity index (χ0n) is 16.1. The van der Waals surface area contributed by atoms with Crippen molar-refractivity contribution in [1.29, 1.82) is 0 Å². The van der Waals surface area contributed by atoms with Crippen molar-refractivity contribution in [3.63, 3.8) is 0 Å². The summed E-state index contributed by atoms with van der Waals surface area (Å²) in [4.78, 5) is 12.2. The molecule has 0 radical (unpaired) electrons. The molecule has 2 aliphatic rings. The van der Waals surface area contributed by atoms with Crippen LogP contribution < -0.4 is 20.1 Å². The quantitative estimate of drug-likeness (QED) is 0.864. The molecule has 0 bridgehead atoms. The fourth-order valence-electron chi connectivity index (χ4n) is 3.94. The van der Waals surface area contributed by atoms with Gasteiger partial charge in [-0.25, -0.2) is 4.79 Å². The van der Waals surface area contributed by atoms with Crippen molar-refractivity contribution in [3.05, 3.63) is 35.2 Å². The van der Waals surface area contributed by atoms with Crippen molar-refractivity contribution in [2.24, 2.45) is 7.05 Å². The number of carbonyl (C=O) groups excluding carboxylic acids is 1. The molecule has 1 aliphatic heterocycles. The van der Waals surface area contributed by atoms with Gasteiger partial charge in [-0.15, -0.1) is 0 Å². The van der Waals surface area contributed by atoms with Gasteiger partial charge in [0.1, 0.15) is 0 Å². The number of fused-ring (bicyclic) bond motifs is 1. The van der Waals surface area contributed by atoms with Crippen molar-refractivity contribution in [2.45, 2.75) is 51.7 Å². The van der Waals surface area contributed by atoms with Gasteiger partial charge in [0.05, 0.1) is 5.69 Å². The third-order valence-electron chi connectivity index (χ3n) is 5.48. The van der Waals surface area contributed by atoms with E-state index in [2.05, 4.69) is 15.7 Å². The highest BCUT2D eigenvalue weighted by atomic mass is 16.7. The number of hydrogen-bond donors (Lipinski definition) is 2. The molecule has 1 aromatic carbocycles. The van der Waals surface area contributed by atoms with Crippen LogP contribution in [0.2, 0.25) is 0 Å². The molecule has 1 aromatic heterocycles. The number of anilines is 1. The lowest BCUT2D eigenvalue weighted by Gasteiger charge is -2.21. The number of rotatable bonds is 4. The smallest absolute Gasteiger partial charge is 0.319 e. The van der Waals surface area contributed by atoms with E-state index < -0.39 is 5.79 Å². The number of nitrogens with one attached hydrogen (secondary N) is 2. The molecule has 1 saturated carbocycles. The number of aromatic nitrogens is 2. The van der Waals surface area contributed by atoms with E-state index >= 15 is 0 Å². The van der Waals surface area contributed by atoms with Crippen LogP contribution in [0.4, 0.5) is 10.5 Å². The van der Waals surface area contributed by atoms with Crippen molar-refractivity contribution in [3.8, 4) is 11.5 Å². The molecule has 2 heterocycles. The Hall–Kier alpha value is -2.70. The van der Waals surface area contributed by atoms with Crippen LogP contribution in [0.1, 0.15) is 42.6 Å². The van der Waals surface area contributed by atoms with Crippen molar-refractivity contribution < 1.29 is 14.3 Å². The number of hydrogen-bond acceptors (Lipinski definition) is 4. The highest BCUT2D eigenvalue weighted by Gasteiger charge is 2.44. The summed E-state index contributed by atoms with van der Waals surface area (Å²) >= 11 is 0. The number of carbonyl (C=O) groups is 1. The third kappa shape index (κ3) is 3.46. The molecule has 7 nitrogen and oxygen atoms in total. The Morgan fingerprint density at radius 2 is 1.96 bits per heavy atom. The highest BCUT2D eigenvalue weighted by molar-refractivity contribution is 5.89. The van der Waals surface area contributed by atoms with E-state index in [1.54, 1.807) is 0 Å². The first-order valence-electron chi connectivity index (χ1n) is 9.52. The molecule has 0 saturated heterocycles.